The summed E-state index contributed by atoms with van der Waals surface area (Å²) in [5, 5.41) is 11.2. The van der Waals surface area contributed by atoms with Crippen LogP contribution in [0.3, 0.4) is 0 Å². The molecule has 2 amide bonds. The van der Waals surface area contributed by atoms with Crippen molar-refractivity contribution in [3.63, 3.8) is 0 Å². The second-order valence-electron chi connectivity index (χ2n) is 5.45. The number of halogens is 1. The van der Waals surface area contributed by atoms with Gasteiger partial charge in [-0.25, -0.2) is 0 Å². The van der Waals surface area contributed by atoms with Crippen molar-refractivity contribution in [2.75, 3.05) is 14.2 Å². The number of carbonyl (C=O) groups excluding carboxylic acids is 2. The molecule has 0 radical (unpaired) electrons. The first-order valence-electron chi connectivity index (χ1n) is 7.43. The van der Waals surface area contributed by atoms with Gasteiger partial charge in [0.1, 0.15) is 17.1 Å². The molecule has 0 unspecified atom stereocenters. The molecule has 0 aromatic heterocycles. The molecule has 134 valence electrons. The lowest BCUT2D eigenvalue weighted by Crippen LogP contribution is -2.29. The number of nitrogens with zero attached hydrogens (tertiary/aromatic N) is 2. The molecular weight excluding hydrogens is 408 g/mol. The molecule has 0 saturated heterocycles. The fourth-order valence-corrected chi connectivity index (χ4v) is 3.31. The summed E-state index contributed by atoms with van der Waals surface area (Å²) in [6.07, 6.45) is 0. The summed E-state index contributed by atoms with van der Waals surface area (Å²) < 4.78 is 11.2. The number of amides is 2. The molecule has 1 aliphatic rings. The number of fused-ring (bicyclic) bond motifs is 1. The number of nitro groups is 1. The average Bonchev–Trinajstić information content (AvgIpc) is 2.87. The van der Waals surface area contributed by atoms with E-state index in [1.54, 1.807) is 12.1 Å². The van der Waals surface area contributed by atoms with Crippen LogP contribution < -0.4 is 9.47 Å². The molecule has 26 heavy (non-hydrogen) atoms. The van der Waals surface area contributed by atoms with Crippen molar-refractivity contribution >= 4 is 33.4 Å². The maximum atomic E-state index is 12.7. The Balaban J connectivity index is 2.03. The third kappa shape index (κ3) is 2.80. The summed E-state index contributed by atoms with van der Waals surface area (Å²) in [5.74, 6) is -0.342. The summed E-state index contributed by atoms with van der Waals surface area (Å²) in [6, 6.07) is 7.29. The Bertz CT molecular complexity index is 943. The standard InChI is InChI=1S/C17H13BrN2O6/c1-25-13-7-11(18)14(26-2)6-9(13)8-19-16(21)10-4-3-5-12(20(23)24)15(10)17(19)22/h3-7H,8H2,1-2H3. The summed E-state index contributed by atoms with van der Waals surface area (Å²) in [5.41, 5.74) is -0.0220. The Hall–Kier alpha value is -2.94. The van der Waals surface area contributed by atoms with Crippen LogP contribution in [0.25, 0.3) is 0 Å². The van der Waals surface area contributed by atoms with Crippen molar-refractivity contribution in [1.29, 1.82) is 0 Å². The molecule has 0 fully saturated rings. The molecule has 0 saturated carbocycles. The average molecular weight is 421 g/mol. The Kier molecular flexibility index (Phi) is 4.64. The van der Waals surface area contributed by atoms with E-state index in [4.69, 9.17) is 9.47 Å². The zero-order valence-electron chi connectivity index (χ0n) is 13.8. The molecule has 8 nitrogen and oxygen atoms in total. The van der Waals surface area contributed by atoms with Crippen LogP contribution in [0.15, 0.2) is 34.8 Å². The van der Waals surface area contributed by atoms with E-state index in [2.05, 4.69) is 15.9 Å². The van der Waals surface area contributed by atoms with E-state index >= 15 is 0 Å². The Morgan fingerprint density at radius 3 is 2.42 bits per heavy atom. The van der Waals surface area contributed by atoms with Crippen LogP contribution in [0.2, 0.25) is 0 Å². The first kappa shape index (κ1) is 17.9. The van der Waals surface area contributed by atoms with Crippen LogP contribution in [0, 0.1) is 10.1 Å². The van der Waals surface area contributed by atoms with Gasteiger partial charge >= 0.3 is 0 Å². The van der Waals surface area contributed by atoms with Gasteiger partial charge in [0.15, 0.2) is 0 Å². The van der Waals surface area contributed by atoms with Crippen molar-refractivity contribution in [2.24, 2.45) is 0 Å². The summed E-state index contributed by atoms with van der Waals surface area (Å²) in [6.45, 7) is -0.101. The first-order valence-corrected chi connectivity index (χ1v) is 8.22. The van der Waals surface area contributed by atoms with E-state index in [0.29, 0.717) is 21.5 Å². The molecule has 0 N–H and O–H groups in total. The highest BCUT2D eigenvalue weighted by Gasteiger charge is 2.41. The molecule has 2 aromatic rings. The summed E-state index contributed by atoms with van der Waals surface area (Å²) in [4.78, 5) is 36.8. The van der Waals surface area contributed by atoms with Crippen LogP contribution >= 0.6 is 15.9 Å². The molecule has 0 spiro atoms. The van der Waals surface area contributed by atoms with Gasteiger partial charge < -0.3 is 9.47 Å². The number of hydrogen-bond donors (Lipinski definition) is 0. The molecule has 0 aliphatic carbocycles. The Morgan fingerprint density at radius 2 is 1.81 bits per heavy atom. The minimum Gasteiger partial charge on any atom is -0.496 e. The van der Waals surface area contributed by atoms with Crippen LogP contribution in [-0.4, -0.2) is 35.9 Å². The van der Waals surface area contributed by atoms with Crippen LogP contribution in [-0.2, 0) is 6.54 Å². The highest BCUT2D eigenvalue weighted by molar-refractivity contribution is 9.10. The van der Waals surface area contributed by atoms with E-state index in [0.717, 1.165) is 4.90 Å². The van der Waals surface area contributed by atoms with Gasteiger partial charge in [-0.05, 0) is 34.1 Å². The van der Waals surface area contributed by atoms with Gasteiger partial charge in [-0.1, -0.05) is 6.07 Å². The number of nitro benzene ring substituents is 1. The van der Waals surface area contributed by atoms with Gasteiger partial charge in [0.2, 0.25) is 0 Å². The minimum absolute atomic E-state index is 0.0206. The lowest BCUT2D eigenvalue weighted by Gasteiger charge is -2.17. The summed E-state index contributed by atoms with van der Waals surface area (Å²) in [7, 11) is 2.95. The van der Waals surface area contributed by atoms with Crippen LogP contribution in [0.1, 0.15) is 26.3 Å². The molecule has 9 heteroatoms. The summed E-state index contributed by atoms with van der Waals surface area (Å²) >= 11 is 3.34. The number of imide groups is 1. The van der Waals surface area contributed by atoms with Crippen molar-refractivity contribution < 1.29 is 24.0 Å². The largest absolute Gasteiger partial charge is 0.496 e. The number of methoxy groups -OCH3 is 2. The lowest BCUT2D eigenvalue weighted by atomic mass is 10.1. The van der Waals surface area contributed by atoms with Crippen molar-refractivity contribution in [1.82, 2.24) is 4.90 Å². The highest BCUT2D eigenvalue weighted by atomic mass is 79.9. The first-order chi connectivity index (χ1) is 12.4. The fourth-order valence-electron chi connectivity index (χ4n) is 2.83. The van der Waals surface area contributed by atoms with Gasteiger partial charge in [0.25, 0.3) is 17.5 Å². The van der Waals surface area contributed by atoms with E-state index in [1.165, 1.54) is 32.4 Å². The number of ether oxygens (including phenoxy) is 2. The maximum Gasteiger partial charge on any atom is 0.282 e. The smallest absolute Gasteiger partial charge is 0.282 e. The van der Waals surface area contributed by atoms with Crippen molar-refractivity contribution in [3.8, 4) is 11.5 Å². The third-order valence-electron chi connectivity index (χ3n) is 4.06. The number of rotatable bonds is 5. The number of hydrogen-bond acceptors (Lipinski definition) is 6. The molecule has 2 aromatic carbocycles. The van der Waals surface area contributed by atoms with E-state index in [1.807, 2.05) is 0 Å². The fraction of sp³-hybridized carbons (Fsp3) is 0.176. The lowest BCUT2D eigenvalue weighted by molar-refractivity contribution is -0.385. The zero-order chi connectivity index (χ0) is 19.0. The Morgan fingerprint density at radius 1 is 1.12 bits per heavy atom. The molecule has 1 heterocycles. The topological polar surface area (TPSA) is 99.0 Å². The Labute approximate surface area is 156 Å². The van der Waals surface area contributed by atoms with Crippen LogP contribution in [0.4, 0.5) is 5.69 Å². The third-order valence-corrected chi connectivity index (χ3v) is 4.68. The zero-order valence-corrected chi connectivity index (χ0v) is 15.4. The second kappa shape index (κ2) is 6.75. The quantitative estimate of drug-likeness (QED) is 0.418. The van der Waals surface area contributed by atoms with E-state index in [9.17, 15) is 19.7 Å². The number of benzene rings is 2. The van der Waals surface area contributed by atoms with Gasteiger partial charge in [0.05, 0.1) is 35.7 Å². The van der Waals surface area contributed by atoms with Gasteiger partial charge in [-0.3, -0.25) is 24.6 Å². The SMILES string of the molecule is COc1cc(CN2C(=O)c3cccc([N+](=O)[O-])c3C2=O)c(OC)cc1Br. The molecular formula is C17H13BrN2O6. The number of carbonyl (C=O) groups is 2. The molecule has 3 rings (SSSR count). The minimum atomic E-state index is -0.707. The van der Waals surface area contributed by atoms with Gasteiger partial charge in [-0.2, -0.15) is 0 Å². The maximum absolute atomic E-state index is 12.7. The normalized spacial score (nSPS) is 13.0. The molecule has 1 aliphatic heterocycles. The highest BCUT2D eigenvalue weighted by Crippen LogP contribution is 2.36. The monoisotopic (exact) mass is 420 g/mol. The predicted molar refractivity (Wildman–Crippen MR) is 94.5 cm³/mol. The predicted octanol–water partition coefficient (Wildman–Crippen LogP) is 3.17. The van der Waals surface area contributed by atoms with Gasteiger partial charge in [0, 0.05) is 11.6 Å². The van der Waals surface area contributed by atoms with E-state index in [-0.39, 0.29) is 23.4 Å². The second-order valence-corrected chi connectivity index (χ2v) is 6.31. The van der Waals surface area contributed by atoms with Gasteiger partial charge in [-0.15, -0.1) is 0 Å². The van der Waals surface area contributed by atoms with E-state index < -0.39 is 16.7 Å². The van der Waals surface area contributed by atoms with Crippen molar-refractivity contribution in [2.45, 2.75) is 6.54 Å². The molecule has 0 atom stereocenters. The van der Waals surface area contributed by atoms with Crippen molar-refractivity contribution in [3.05, 3.63) is 61.6 Å². The molecule has 0 bridgehead atoms. The van der Waals surface area contributed by atoms with Crippen LogP contribution in [0.5, 0.6) is 11.5 Å².